The minimum Gasteiger partial charge on any atom is -0.439 e. The van der Waals surface area contributed by atoms with Gasteiger partial charge in [0.05, 0.1) is 23.6 Å². The van der Waals surface area contributed by atoms with E-state index in [2.05, 4.69) is 17.2 Å². The highest BCUT2D eigenvalue weighted by molar-refractivity contribution is 6.23. The number of aliphatic hydroxyl groups excluding tert-OH is 1. The molecule has 2 bridgehead atoms. The molecule has 0 fully saturated rings. The van der Waals surface area contributed by atoms with Gasteiger partial charge in [0.25, 0.3) is 5.91 Å². The topological polar surface area (TPSA) is 166 Å². The minimum atomic E-state index is -1.00. The van der Waals surface area contributed by atoms with Crippen LogP contribution in [0.5, 0.6) is 0 Å². The quantitative estimate of drug-likeness (QED) is 0.258. The van der Waals surface area contributed by atoms with Gasteiger partial charge in [0.15, 0.2) is 6.10 Å². The molecule has 5 N–H and O–H groups in total. The summed E-state index contributed by atoms with van der Waals surface area (Å²) in [6.07, 6.45) is 5.34. The number of nitrogens with two attached hydrogens (primary N) is 1. The number of amides is 2. The molecule has 2 amide bonds. The van der Waals surface area contributed by atoms with E-state index in [1.54, 1.807) is 45.1 Å². The molecule has 0 aromatic carbocycles. The summed E-state index contributed by atoms with van der Waals surface area (Å²) >= 11 is 0. The van der Waals surface area contributed by atoms with Gasteiger partial charge in [0, 0.05) is 43.9 Å². The Hall–Kier alpha value is -3.51. The van der Waals surface area contributed by atoms with Gasteiger partial charge < -0.3 is 35.7 Å². The molecule has 0 saturated carbocycles. The third-order valence-corrected chi connectivity index (χ3v) is 7.22. The van der Waals surface area contributed by atoms with Crippen molar-refractivity contribution in [2.24, 2.45) is 17.6 Å². The number of nitrogens with one attached hydrogen (secondary N) is 2. The fourth-order valence-electron chi connectivity index (χ4n) is 4.95. The van der Waals surface area contributed by atoms with Gasteiger partial charge in [-0.2, -0.15) is 0 Å². The maximum atomic E-state index is 13.5. The van der Waals surface area contributed by atoms with Crippen molar-refractivity contribution in [1.82, 2.24) is 10.6 Å². The summed E-state index contributed by atoms with van der Waals surface area (Å²) in [6, 6.07) is 0. The Morgan fingerprint density at radius 1 is 1.21 bits per heavy atom. The number of hydrogen-bond acceptors (Lipinski definition) is 9. The highest BCUT2D eigenvalue weighted by Crippen LogP contribution is 2.28. The molecule has 0 spiro atoms. The maximum Gasteiger partial charge on any atom is 0.405 e. The third kappa shape index (κ3) is 10.3. The van der Waals surface area contributed by atoms with Crippen LogP contribution in [0, 0.1) is 11.8 Å². The molecule has 0 radical (unpaired) electrons. The number of methoxy groups -OCH3 is 2. The molecule has 6 atom stereocenters. The molecule has 2 aliphatic rings. The van der Waals surface area contributed by atoms with Crippen molar-refractivity contribution in [3.8, 4) is 0 Å². The zero-order chi connectivity index (χ0) is 31.6. The van der Waals surface area contributed by atoms with Crippen molar-refractivity contribution in [3.05, 3.63) is 71.1 Å². The number of hydrogen-bond donors (Lipinski definition) is 4. The SMILES string of the molecule is C=CCNC1=C2C[C@@H](C)C[C@H](OC)[C@H](O)[C@@H](C)C=C(C)[C@H](OC(N)=O)[C@@H](OC)C=CC=C(C)C(=O)NC(=CC1=O)C2=O.Cl. The lowest BCUT2D eigenvalue weighted by Crippen LogP contribution is -2.37. The number of fused-ring (bicyclic) bond motifs is 2. The Balaban J connectivity index is 0.00000924. The van der Waals surface area contributed by atoms with Crippen LogP contribution >= 0.6 is 12.4 Å². The summed E-state index contributed by atoms with van der Waals surface area (Å²) in [4.78, 5) is 51.3. The molecular formula is C31H44ClN3O8. The summed E-state index contributed by atoms with van der Waals surface area (Å²) in [5.41, 5.74) is 6.42. The molecule has 43 heavy (non-hydrogen) atoms. The Bertz CT molecular complexity index is 1220. The summed E-state index contributed by atoms with van der Waals surface area (Å²) in [5.74, 6) is -2.14. The lowest BCUT2D eigenvalue weighted by molar-refractivity contribution is -0.120. The van der Waals surface area contributed by atoms with E-state index in [0.29, 0.717) is 12.0 Å². The normalized spacial score (nSPS) is 27.7. The molecule has 0 saturated heterocycles. The zero-order valence-electron chi connectivity index (χ0n) is 25.5. The second-order valence-electron chi connectivity index (χ2n) is 10.6. The number of rotatable bonds is 6. The average molecular weight is 622 g/mol. The van der Waals surface area contributed by atoms with Crippen molar-refractivity contribution in [2.75, 3.05) is 20.8 Å². The molecular weight excluding hydrogens is 578 g/mol. The molecule has 12 heteroatoms. The van der Waals surface area contributed by atoms with Gasteiger partial charge in [-0.15, -0.1) is 19.0 Å². The molecule has 2 rings (SSSR count). The highest BCUT2D eigenvalue weighted by atomic mass is 35.5. The van der Waals surface area contributed by atoms with Gasteiger partial charge in [0.2, 0.25) is 11.6 Å². The van der Waals surface area contributed by atoms with Gasteiger partial charge in [-0.1, -0.05) is 44.2 Å². The number of ketones is 2. The fraction of sp³-hybridized carbons (Fsp3) is 0.484. The van der Waals surface area contributed by atoms with Gasteiger partial charge in [-0.05, 0) is 38.2 Å². The average Bonchev–Trinajstić information content (AvgIpc) is 2.94. The summed E-state index contributed by atoms with van der Waals surface area (Å²) < 4.78 is 16.6. The number of aliphatic hydroxyl groups is 1. The lowest BCUT2D eigenvalue weighted by atomic mass is 9.85. The highest BCUT2D eigenvalue weighted by Gasteiger charge is 2.33. The number of primary amides is 1. The smallest absolute Gasteiger partial charge is 0.405 e. The van der Waals surface area contributed by atoms with E-state index in [0.717, 1.165) is 6.08 Å². The van der Waals surface area contributed by atoms with E-state index < -0.39 is 53.9 Å². The molecule has 11 nitrogen and oxygen atoms in total. The predicted octanol–water partition coefficient (Wildman–Crippen LogP) is 2.96. The van der Waals surface area contributed by atoms with Gasteiger partial charge in [-0.25, -0.2) is 4.79 Å². The number of allylic oxidation sites excluding steroid dienone is 4. The van der Waals surface area contributed by atoms with Crippen molar-refractivity contribution in [2.45, 2.75) is 65.0 Å². The second-order valence-corrected chi connectivity index (χ2v) is 10.6. The molecule has 1 aliphatic carbocycles. The third-order valence-electron chi connectivity index (χ3n) is 7.22. The first kappa shape index (κ1) is 37.5. The predicted molar refractivity (Wildman–Crippen MR) is 165 cm³/mol. The van der Waals surface area contributed by atoms with Crippen LogP contribution in [0.3, 0.4) is 0 Å². The first-order chi connectivity index (χ1) is 19.8. The van der Waals surface area contributed by atoms with E-state index in [-0.39, 0.29) is 53.8 Å². The summed E-state index contributed by atoms with van der Waals surface area (Å²) in [6.45, 7) is 10.9. The maximum absolute atomic E-state index is 13.5. The van der Waals surface area contributed by atoms with Crippen LogP contribution in [0.15, 0.2) is 71.1 Å². The molecule has 0 aromatic heterocycles. The van der Waals surface area contributed by atoms with Crippen LogP contribution in [0.4, 0.5) is 4.79 Å². The van der Waals surface area contributed by atoms with Crippen LogP contribution in [0.25, 0.3) is 0 Å². The molecule has 1 aliphatic heterocycles. The van der Waals surface area contributed by atoms with Crippen molar-refractivity contribution in [3.63, 3.8) is 0 Å². The number of Topliss-reactive ketones (excluding diaryl/α,β-unsaturated/α-hetero) is 1. The largest absolute Gasteiger partial charge is 0.439 e. The van der Waals surface area contributed by atoms with Crippen LogP contribution in [0.2, 0.25) is 0 Å². The van der Waals surface area contributed by atoms with Crippen molar-refractivity contribution >= 4 is 36.0 Å². The number of carbonyl (C=O) groups is 4. The van der Waals surface area contributed by atoms with E-state index in [4.69, 9.17) is 19.9 Å². The Labute approximate surface area is 259 Å². The van der Waals surface area contributed by atoms with E-state index in [1.165, 1.54) is 20.3 Å². The summed E-state index contributed by atoms with van der Waals surface area (Å²) in [7, 11) is 2.92. The van der Waals surface area contributed by atoms with Crippen molar-refractivity contribution in [1.29, 1.82) is 0 Å². The fourth-order valence-corrected chi connectivity index (χ4v) is 4.95. The number of halogens is 1. The minimum absolute atomic E-state index is 0. The number of carbonyl (C=O) groups excluding carboxylic acids is 4. The zero-order valence-corrected chi connectivity index (χ0v) is 26.4. The van der Waals surface area contributed by atoms with Crippen LogP contribution in [-0.2, 0) is 28.6 Å². The van der Waals surface area contributed by atoms with E-state index in [1.807, 2.05) is 6.92 Å². The van der Waals surface area contributed by atoms with Crippen LogP contribution < -0.4 is 16.4 Å². The van der Waals surface area contributed by atoms with Gasteiger partial charge in [-0.3, -0.25) is 14.4 Å². The monoisotopic (exact) mass is 621 g/mol. The van der Waals surface area contributed by atoms with Crippen molar-refractivity contribution < 1.29 is 38.5 Å². The van der Waals surface area contributed by atoms with Gasteiger partial charge >= 0.3 is 6.09 Å². The Morgan fingerprint density at radius 3 is 2.47 bits per heavy atom. The second kappa shape index (κ2) is 17.6. The standard InChI is InChI=1S/C31H43N3O8.ClH/c1-8-12-33-26-21-13-17(2)14-25(41-7)27(36)19(4)15-20(5)29(42-31(32)39)24(40-6)11-9-10-18(3)30(38)34-22(28(21)37)16-23(26)35;/h8-11,15-17,19,24-25,27,29,33,36H,1,12-14H2,2-7H3,(H2,32,39)(H,34,38);1H/t17-,19+,24+,25+,27-,29+;/m1./s1. The first-order valence-electron chi connectivity index (χ1n) is 13.8. The molecule has 0 aromatic rings. The summed E-state index contributed by atoms with van der Waals surface area (Å²) in [5, 5.41) is 16.7. The van der Waals surface area contributed by atoms with E-state index in [9.17, 15) is 24.3 Å². The Kier molecular flexibility index (Phi) is 15.3. The van der Waals surface area contributed by atoms with E-state index >= 15 is 0 Å². The van der Waals surface area contributed by atoms with Gasteiger partial charge in [0.1, 0.15) is 6.10 Å². The molecule has 1 heterocycles. The number of ether oxygens (including phenoxy) is 3. The molecule has 238 valence electrons. The van der Waals surface area contributed by atoms with Crippen LogP contribution in [0.1, 0.15) is 40.5 Å². The first-order valence-corrected chi connectivity index (χ1v) is 13.8. The van der Waals surface area contributed by atoms with Crippen LogP contribution in [-0.4, -0.2) is 73.9 Å². The Morgan fingerprint density at radius 2 is 1.88 bits per heavy atom. The lowest BCUT2D eigenvalue weighted by Gasteiger charge is -2.30. The molecule has 0 unspecified atom stereocenters.